The van der Waals surface area contributed by atoms with Crippen molar-refractivity contribution in [3.63, 3.8) is 0 Å². The van der Waals surface area contributed by atoms with E-state index in [1.54, 1.807) is 0 Å². The molecule has 1 aromatic rings. The van der Waals surface area contributed by atoms with Gasteiger partial charge in [0.15, 0.2) is 0 Å². The highest BCUT2D eigenvalue weighted by atomic mass is 16.5. The van der Waals surface area contributed by atoms with Crippen LogP contribution in [0.4, 0.5) is 0 Å². The van der Waals surface area contributed by atoms with Gasteiger partial charge >= 0.3 is 0 Å². The van der Waals surface area contributed by atoms with Crippen molar-refractivity contribution in [1.82, 2.24) is 4.98 Å². The summed E-state index contributed by atoms with van der Waals surface area (Å²) in [6, 6.07) is 3.98. The number of carbonyl (C=O) groups is 1. The van der Waals surface area contributed by atoms with E-state index < -0.39 is 0 Å². The van der Waals surface area contributed by atoms with Crippen molar-refractivity contribution in [1.29, 1.82) is 0 Å². The minimum absolute atomic E-state index is 0.272. The van der Waals surface area contributed by atoms with Gasteiger partial charge in [0.25, 0.3) is 6.47 Å². The lowest BCUT2D eigenvalue weighted by Gasteiger charge is -2.00. The Morgan fingerprint density at radius 1 is 1.54 bits per heavy atom. The molecule has 13 heavy (non-hydrogen) atoms. The summed E-state index contributed by atoms with van der Waals surface area (Å²) in [5, 5.41) is 0. The molecule has 0 spiro atoms. The highest BCUT2D eigenvalue weighted by molar-refractivity contribution is 5.37. The van der Waals surface area contributed by atoms with E-state index in [4.69, 9.17) is 0 Å². The Balaban J connectivity index is 2.00. The molecule has 0 radical (unpaired) electrons. The second kappa shape index (κ2) is 3.56. The summed E-state index contributed by atoms with van der Waals surface area (Å²) >= 11 is 0. The zero-order valence-corrected chi connectivity index (χ0v) is 7.27. The van der Waals surface area contributed by atoms with Crippen molar-refractivity contribution < 1.29 is 9.53 Å². The molecule has 0 aliphatic heterocycles. The van der Waals surface area contributed by atoms with Gasteiger partial charge in [-0.05, 0) is 30.4 Å². The van der Waals surface area contributed by atoms with Crippen LogP contribution in [-0.2, 0) is 16.1 Å². The number of hydrogen-bond donors (Lipinski definition) is 0. The monoisotopic (exact) mass is 177 g/mol. The largest absolute Gasteiger partial charge is 0.461 e. The van der Waals surface area contributed by atoms with Gasteiger partial charge < -0.3 is 4.74 Å². The van der Waals surface area contributed by atoms with E-state index in [2.05, 4.69) is 15.8 Å². The highest BCUT2D eigenvalue weighted by Crippen LogP contribution is 2.39. The summed E-state index contributed by atoms with van der Waals surface area (Å²) in [5.74, 6) is 0.730. The second-order valence-corrected chi connectivity index (χ2v) is 3.26. The van der Waals surface area contributed by atoms with E-state index in [0.717, 1.165) is 11.6 Å². The summed E-state index contributed by atoms with van der Waals surface area (Å²) in [7, 11) is 0. The molecule has 0 N–H and O–H groups in total. The van der Waals surface area contributed by atoms with Crippen LogP contribution in [-0.4, -0.2) is 11.5 Å². The molecule has 0 bridgehead atoms. The average Bonchev–Trinajstić information content (AvgIpc) is 2.99. The van der Waals surface area contributed by atoms with E-state index in [9.17, 15) is 4.79 Å². The number of hydrogen-bond acceptors (Lipinski definition) is 3. The first-order chi connectivity index (χ1) is 6.40. The van der Waals surface area contributed by atoms with Gasteiger partial charge in [0.2, 0.25) is 0 Å². The van der Waals surface area contributed by atoms with Gasteiger partial charge in [-0.3, -0.25) is 9.78 Å². The van der Waals surface area contributed by atoms with Crippen molar-refractivity contribution in [2.45, 2.75) is 25.4 Å². The van der Waals surface area contributed by atoms with Gasteiger partial charge in [-0.25, -0.2) is 0 Å². The summed E-state index contributed by atoms with van der Waals surface area (Å²) in [6.07, 6.45) is 4.44. The fourth-order valence-corrected chi connectivity index (χ4v) is 1.30. The molecule has 1 heterocycles. The minimum Gasteiger partial charge on any atom is -0.461 e. The maximum Gasteiger partial charge on any atom is 0.293 e. The topological polar surface area (TPSA) is 39.2 Å². The molecule has 1 fully saturated rings. The van der Waals surface area contributed by atoms with Crippen LogP contribution < -0.4 is 0 Å². The highest BCUT2D eigenvalue weighted by Gasteiger charge is 2.23. The molecular formula is C10H11NO2. The van der Waals surface area contributed by atoms with Crippen LogP contribution in [0.25, 0.3) is 0 Å². The Morgan fingerprint density at radius 2 is 2.38 bits per heavy atom. The number of aromatic nitrogens is 1. The summed E-state index contributed by atoms with van der Waals surface area (Å²) < 4.78 is 4.59. The summed E-state index contributed by atoms with van der Waals surface area (Å²) in [5.41, 5.74) is 2.10. The number of ether oxygens (including phenoxy) is 1. The lowest BCUT2D eigenvalue weighted by atomic mass is 10.2. The molecule has 3 nitrogen and oxygen atoms in total. The first kappa shape index (κ1) is 8.23. The third-order valence-corrected chi connectivity index (χ3v) is 2.20. The average molecular weight is 177 g/mol. The van der Waals surface area contributed by atoms with Crippen molar-refractivity contribution in [2.75, 3.05) is 0 Å². The van der Waals surface area contributed by atoms with Gasteiger partial charge in [0.05, 0.1) is 5.69 Å². The Morgan fingerprint density at radius 3 is 2.92 bits per heavy atom. The molecule has 0 unspecified atom stereocenters. The Kier molecular flexibility index (Phi) is 2.25. The second-order valence-electron chi connectivity index (χ2n) is 3.26. The molecule has 0 aromatic carbocycles. The van der Waals surface area contributed by atoms with Gasteiger partial charge in [0, 0.05) is 6.20 Å². The number of pyridine rings is 1. The first-order valence-corrected chi connectivity index (χ1v) is 4.40. The van der Waals surface area contributed by atoms with Crippen LogP contribution in [0.3, 0.4) is 0 Å². The normalized spacial score (nSPS) is 15.4. The zero-order chi connectivity index (χ0) is 9.10. The fourth-order valence-electron chi connectivity index (χ4n) is 1.30. The Bertz CT molecular complexity index is 290. The zero-order valence-electron chi connectivity index (χ0n) is 7.27. The van der Waals surface area contributed by atoms with Crippen LogP contribution in [0.5, 0.6) is 0 Å². The van der Waals surface area contributed by atoms with E-state index in [1.807, 2.05) is 12.3 Å². The van der Waals surface area contributed by atoms with Crippen LogP contribution in [0.2, 0.25) is 0 Å². The van der Waals surface area contributed by atoms with Crippen LogP contribution in [0.15, 0.2) is 18.3 Å². The molecule has 1 aromatic heterocycles. The molecule has 1 aliphatic carbocycles. The van der Waals surface area contributed by atoms with Crippen molar-refractivity contribution in [3.05, 3.63) is 29.6 Å². The lowest BCUT2D eigenvalue weighted by Crippen LogP contribution is -1.94. The molecule has 0 amide bonds. The van der Waals surface area contributed by atoms with Crippen molar-refractivity contribution in [2.24, 2.45) is 0 Å². The molecule has 0 saturated heterocycles. The van der Waals surface area contributed by atoms with Gasteiger partial charge in [-0.15, -0.1) is 0 Å². The van der Waals surface area contributed by atoms with E-state index in [0.29, 0.717) is 6.47 Å². The lowest BCUT2D eigenvalue weighted by molar-refractivity contribution is -0.129. The Hall–Kier alpha value is -1.38. The van der Waals surface area contributed by atoms with E-state index in [-0.39, 0.29) is 6.61 Å². The first-order valence-electron chi connectivity index (χ1n) is 4.40. The SMILES string of the molecule is O=COCc1ccc(C2CC2)cn1. The van der Waals surface area contributed by atoms with Crippen LogP contribution in [0, 0.1) is 0 Å². The predicted octanol–water partition coefficient (Wildman–Crippen LogP) is 1.63. The van der Waals surface area contributed by atoms with Crippen LogP contribution in [0.1, 0.15) is 30.0 Å². The Labute approximate surface area is 76.7 Å². The maximum absolute atomic E-state index is 9.91. The molecular weight excluding hydrogens is 166 g/mol. The van der Waals surface area contributed by atoms with Crippen molar-refractivity contribution >= 4 is 6.47 Å². The quantitative estimate of drug-likeness (QED) is 0.656. The molecule has 1 aliphatic rings. The van der Waals surface area contributed by atoms with Gasteiger partial charge in [-0.2, -0.15) is 0 Å². The molecule has 68 valence electrons. The fraction of sp³-hybridized carbons (Fsp3) is 0.400. The van der Waals surface area contributed by atoms with Gasteiger partial charge in [0.1, 0.15) is 6.61 Å². The summed E-state index contributed by atoms with van der Waals surface area (Å²) in [4.78, 5) is 14.1. The number of carbonyl (C=O) groups excluding carboxylic acids is 1. The number of rotatable bonds is 4. The number of nitrogens with zero attached hydrogens (tertiary/aromatic N) is 1. The smallest absolute Gasteiger partial charge is 0.293 e. The van der Waals surface area contributed by atoms with E-state index >= 15 is 0 Å². The van der Waals surface area contributed by atoms with Gasteiger partial charge in [-0.1, -0.05) is 6.07 Å². The standard InChI is InChI=1S/C10H11NO2/c12-7-13-6-10-4-3-9(5-11-10)8-1-2-8/h3-5,7-8H,1-2,6H2. The van der Waals surface area contributed by atoms with E-state index in [1.165, 1.54) is 18.4 Å². The molecule has 2 rings (SSSR count). The molecule has 3 heteroatoms. The third kappa shape index (κ3) is 2.05. The summed E-state index contributed by atoms with van der Waals surface area (Å²) in [6.45, 7) is 0.713. The van der Waals surface area contributed by atoms with Crippen molar-refractivity contribution in [3.8, 4) is 0 Å². The minimum atomic E-state index is 0.272. The molecule has 0 atom stereocenters. The third-order valence-electron chi connectivity index (χ3n) is 2.20. The predicted molar refractivity (Wildman–Crippen MR) is 47.1 cm³/mol. The maximum atomic E-state index is 9.91. The molecule has 1 saturated carbocycles. The van der Waals surface area contributed by atoms with Crippen LogP contribution >= 0.6 is 0 Å².